The van der Waals surface area contributed by atoms with Crippen molar-refractivity contribution in [2.75, 3.05) is 10.6 Å². The van der Waals surface area contributed by atoms with Gasteiger partial charge in [-0.1, -0.05) is 42.5 Å². The third kappa shape index (κ3) is 5.31. The SMILES string of the molecule is Cc1cc(NC(=O)C2CC=CCC2C(=O)O)ccc1NC(=O)Cc1ccccc1. The predicted octanol–water partition coefficient (Wildman–Crippen LogP) is 3.78. The smallest absolute Gasteiger partial charge is 0.307 e. The first kappa shape index (κ1) is 20.3. The largest absolute Gasteiger partial charge is 0.481 e. The highest BCUT2D eigenvalue weighted by atomic mass is 16.4. The van der Waals surface area contributed by atoms with Gasteiger partial charge in [-0.3, -0.25) is 14.4 Å². The van der Waals surface area contributed by atoms with Gasteiger partial charge in [0, 0.05) is 11.4 Å². The normalized spacial score (nSPS) is 18.1. The van der Waals surface area contributed by atoms with Crippen LogP contribution in [0.2, 0.25) is 0 Å². The standard InChI is InChI=1S/C23H24N2O4/c1-15-13-17(24-22(27)18-9-5-6-10-19(18)23(28)29)11-12-20(15)25-21(26)14-16-7-3-2-4-8-16/h2-8,11-13,18-19H,9-10,14H2,1H3,(H,24,27)(H,25,26)(H,28,29). The lowest BCUT2D eigenvalue weighted by Crippen LogP contribution is -2.34. The van der Waals surface area contributed by atoms with Gasteiger partial charge < -0.3 is 15.7 Å². The highest BCUT2D eigenvalue weighted by Crippen LogP contribution is 2.28. The van der Waals surface area contributed by atoms with Crippen LogP contribution in [-0.2, 0) is 20.8 Å². The van der Waals surface area contributed by atoms with Crippen LogP contribution < -0.4 is 10.6 Å². The van der Waals surface area contributed by atoms with Crippen LogP contribution in [0.5, 0.6) is 0 Å². The van der Waals surface area contributed by atoms with Crippen molar-refractivity contribution in [1.82, 2.24) is 0 Å². The lowest BCUT2D eigenvalue weighted by molar-refractivity contribution is -0.146. The molecule has 2 aromatic rings. The first-order chi connectivity index (χ1) is 13.9. The van der Waals surface area contributed by atoms with E-state index < -0.39 is 17.8 Å². The number of carboxylic acids is 1. The van der Waals surface area contributed by atoms with E-state index in [1.54, 1.807) is 24.3 Å². The molecular formula is C23H24N2O4. The molecular weight excluding hydrogens is 368 g/mol. The number of amides is 2. The molecule has 0 heterocycles. The second-order valence-corrected chi connectivity index (χ2v) is 7.22. The first-order valence-corrected chi connectivity index (χ1v) is 9.57. The topological polar surface area (TPSA) is 95.5 Å². The van der Waals surface area contributed by atoms with Crippen LogP contribution in [0.15, 0.2) is 60.7 Å². The van der Waals surface area contributed by atoms with Gasteiger partial charge in [0.05, 0.1) is 18.3 Å². The van der Waals surface area contributed by atoms with Gasteiger partial charge in [0.25, 0.3) is 0 Å². The maximum atomic E-state index is 12.6. The van der Waals surface area contributed by atoms with Crippen LogP contribution in [0.1, 0.15) is 24.0 Å². The zero-order chi connectivity index (χ0) is 20.8. The molecule has 2 atom stereocenters. The van der Waals surface area contributed by atoms with Crippen LogP contribution in [0, 0.1) is 18.8 Å². The number of hydrogen-bond donors (Lipinski definition) is 3. The fraction of sp³-hybridized carbons (Fsp3) is 0.261. The van der Waals surface area contributed by atoms with Gasteiger partial charge in [-0.2, -0.15) is 0 Å². The molecule has 6 heteroatoms. The molecule has 150 valence electrons. The molecule has 0 fully saturated rings. The Balaban J connectivity index is 1.63. The van der Waals surface area contributed by atoms with Gasteiger partial charge in [-0.25, -0.2) is 0 Å². The Bertz CT molecular complexity index is 937. The van der Waals surface area contributed by atoms with Crippen molar-refractivity contribution in [1.29, 1.82) is 0 Å². The summed E-state index contributed by atoms with van der Waals surface area (Å²) in [4.78, 5) is 36.2. The van der Waals surface area contributed by atoms with Gasteiger partial charge in [-0.05, 0) is 49.1 Å². The number of carbonyl (C=O) groups excluding carboxylic acids is 2. The second-order valence-electron chi connectivity index (χ2n) is 7.22. The lowest BCUT2D eigenvalue weighted by Gasteiger charge is -2.24. The maximum absolute atomic E-state index is 12.6. The number of allylic oxidation sites excluding steroid dienone is 2. The Morgan fingerprint density at radius 1 is 0.966 bits per heavy atom. The molecule has 0 radical (unpaired) electrons. The van der Waals surface area contributed by atoms with Gasteiger partial charge in [0.2, 0.25) is 11.8 Å². The lowest BCUT2D eigenvalue weighted by atomic mass is 9.82. The number of hydrogen-bond acceptors (Lipinski definition) is 3. The minimum absolute atomic E-state index is 0.116. The molecule has 0 saturated heterocycles. The van der Waals surface area contributed by atoms with E-state index in [1.807, 2.05) is 43.3 Å². The number of nitrogens with one attached hydrogen (secondary N) is 2. The average molecular weight is 392 g/mol. The monoisotopic (exact) mass is 392 g/mol. The molecule has 29 heavy (non-hydrogen) atoms. The Kier molecular flexibility index (Phi) is 6.44. The Morgan fingerprint density at radius 2 is 1.66 bits per heavy atom. The highest BCUT2D eigenvalue weighted by Gasteiger charge is 2.33. The van der Waals surface area contributed by atoms with Gasteiger partial charge in [-0.15, -0.1) is 0 Å². The fourth-order valence-corrected chi connectivity index (χ4v) is 3.47. The van der Waals surface area contributed by atoms with Crippen LogP contribution in [0.25, 0.3) is 0 Å². The fourth-order valence-electron chi connectivity index (χ4n) is 3.47. The number of anilines is 2. The summed E-state index contributed by atoms with van der Waals surface area (Å²) >= 11 is 0. The molecule has 0 bridgehead atoms. The summed E-state index contributed by atoms with van der Waals surface area (Å²) < 4.78 is 0. The minimum Gasteiger partial charge on any atom is -0.481 e. The molecule has 2 aromatic carbocycles. The molecule has 1 aliphatic rings. The molecule has 0 aliphatic heterocycles. The number of carbonyl (C=O) groups is 3. The third-order valence-corrected chi connectivity index (χ3v) is 5.06. The number of benzene rings is 2. The molecule has 0 spiro atoms. The van der Waals surface area contributed by atoms with Crippen molar-refractivity contribution in [2.45, 2.75) is 26.2 Å². The van der Waals surface area contributed by atoms with Gasteiger partial charge >= 0.3 is 5.97 Å². The summed E-state index contributed by atoms with van der Waals surface area (Å²) in [5, 5.41) is 15.0. The summed E-state index contributed by atoms with van der Waals surface area (Å²) in [6.45, 7) is 1.84. The Labute approximate surface area is 169 Å². The minimum atomic E-state index is -0.956. The Morgan fingerprint density at radius 3 is 2.31 bits per heavy atom. The summed E-state index contributed by atoms with van der Waals surface area (Å²) in [5.74, 6) is -2.68. The summed E-state index contributed by atoms with van der Waals surface area (Å²) in [6.07, 6.45) is 4.71. The first-order valence-electron chi connectivity index (χ1n) is 9.57. The summed E-state index contributed by atoms with van der Waals surface area (Å²) in [5.41, 5.74) is 2.99. The van der Waals surface area contributed by atoms with E-state index in [9.17, 15) is 19.5 Å². The van der Waals surface area contributed by atoms with E-state index in [2.05, 4.69) is 10.6 Å². The second kappa shape index (κ2) is 9.19. The number of aryl methyl sites for hydroxylation is 1. The molecule has 3 rings (SSSR count). The van der Waals surface area contributed by atoms with Crippen LogP contribution in [0.4, 0.5) is 11.4 Å². The van der Waals surface area contributed by atoms with Crippen LogP contribution >= 0.6 is 0 Å². The Hall–Kier alpha value is -3.41. The van der Waals surface area contributed by atoms with Crippen molar-refractivity contribution >= 4 is 29.2 Å². The average Bonchev–Trinajstić information content (AvgIpc) is 2.70. The van der Waals surface area contributed by atoms with E-state index in [0.29, 0.717) is 24.2 Å². The predicted molar refractivity (Wildman–Crippen MR) is 112 cm³/mol. The van der Waals surface area contributed by atoms with Gasteiger partial charge in [0.1, 0.15) is 0 Å². The number of rotatable bonds is 6. The van der Waals surface area contributed by atoms with Crippen molar-refractivity contribution in [3.63, 3.8) is 0 Å². The van der Waals surface area contributed by atoms with Crippen molar-refractivity contribution in [2.24, 2.45) is 11.8 Å². The highest BCUT2D eigenvalue weighted by molar-refractivity contribution is 5.97. The summed E-state index contributed by atoms with van der Waals surface area (Å²) in [6, 6.07) is 14.7. The number of aliphatic carboxylic acids is 1. The van der Waals surface area contributed by atoms with E-state index in [4.69, 9.17) is 0 Å². The number of carboxylic acid groups (broad SMARTS) is 1. The quantitative estimate of drug-likeness (QED) is 0.652. The van der Waals surface area contributed by atoms with E-state index in [0.717, 1.165) is 11.1 Å². The van der Waals surface area contributed by atoms with Gasteiger partial charge in [0.15, 0.2) is 0 Å². The maximum Gasteiger partial charge on any atom is 0.307 e. The van der Waals surface area contributed by atoms with Crippen molar-refractivity contribution < 1.29 is 19.5 Å². The molecule has 0 aromatic heterocycles. The summed E-state index contributed by atoms with van der Waals surface area (Å²) in [7, 11) is 0. The molecule has 2 amide bonds. The molecule has 3 N–H and O–H groups in total. The van der Waals surface area contributed by atoms with Crippen LogP contribution in [0.3, 0.4) is 0 Å². The van der Waals surface area contributed by atoms with E-state index >= 15 is 0 Å². The molecule has 1 aliphatic carbocycles. The van der Waals surface area contributed by atoms with Crippen molar-refractivity contribution in [3.05, 3.63) is 71.8 Å². The molecule has 6 nitrogen and oxygen atoms in total. The van der Waals surface area contributed by atoms with E-state index in [-0.39, 0.29) is 18.2 Å². The van der Waals surface area contributed by atoms with Crippen LogP contribution in [-0.4, -0.2) is 22.9 Å². The van der Waals surface area contributed by atoms with Crippen molar-refractivity contribution in [3.8, 4) is 0 Å². The molecule has 0 saturated carbocycles. The zero-order valence-electron chi connectivity index (χ0n) is 16.2. The molecule has 2 unspecified atom stereocenters. The third-order valence-electron chi connectivity index (χ3n) is 5.06. The zero-order valence-corrected chi connectivity index (χ0v) is 16.2. The van der Waals surface area contributed by atoms with E-state index in [1.165, 1.54) is 0 Å².